The van der Waals surface area contributed by atoms with Crippen molar-refractivity contribution in [3.63, 3.8) is 0 Å². The molecule has 0 fully saturated rings. The maximum absolute atomic E-state index is 10.7. The molecule has 1 atom stereocenters. The summed E-state index contributed by atoms with van der Waals surface area (Å²) in [6.07, 6.45) is 0. The molecule has 2 aliphatic carbocycles. The summed E-state index contributed by atoms with van der Waals surface area (Å²) in [7, 11) is 0. The second kappa shape index (κ2) is 6.86. The summed E-state index contributed by atoms with van der Waals surface area (Å²) in [5, 5.41) is 13.1. The molecule has 0 spiro atoms. The number of rotatable bonds is 3. The topological polar surface area (TPSA) is 50.2 Å². The first-order chi connectivity index (χ1) is 11.1. The average molecular weight is 406 g/mol. The summed E-state index contributed by atoms with van der Waals surface area (Å²) in [5.74, 6) is -0.975. The highest BCUT2D eigenvalue weighted by molar-refractivity contribution is 9.10. The van der Waals surface area contributed by atoms with Crippen LogP contribution in [0.5, 0.6) is 0 Å². The van der Waals surface area contributed by atoms with E-state index in [1.807, 2.05) is 35.7 Å². The molecule has 1 aromatic carbocycles. The quantitative estimate of drug-likeness (QED) is 0.475. The van der Waals surface area contributed by atoms with E-state index in [2.05, 4.69) is 51.7 Å². The van der Waals surface area contributed by atoms with Gasteiger partial charge < -0.3 is 5.11 Å². The summed E-state index contributed by atoms with van der Waals surface area (Å²) in [6.45, 7) is 0. The maximum Gasteiger partial charge on any atom is 0.323 e. The Kier molecular flexibility index (Phi) is 4.84. The fraction of sp³-hybridized carbons (Fsp3) is 0.0588. The number of halogens is 1. The van der Waals surface area contributed by atoms with Gasteiger partial charge >= 0.3 is 5.97 Å². The van der Waals surface area contributed by atoms with Crippen molar-refractivity contribution in [3.05, 3.63) is 73.8 Å². The van der Waals surface area contributed by atoms with Crippen LogP contribution in [-0.2, 0) is 4.79 Å². The Morgan fingerprint density at radius 3 is 2.39 bits per heavy atom. The third kappa shape index (κ3) is 3.49. The Morgan fingerprint density at radius 1 is 1.22 bits per heavy atom. The number of carboxylic acids is 1. The fourth-order valence-corrected chi connectivity index (χ4v) is 3.65. The zero-order chi connectivity index (χ0) is 16.4. The molecule has 3 nitrogen and oxygen atoms in total. The van der Waals surface area contributed by atoms with Crippen molar-refractivity contribution in [1.29, 1.82) is 0 Å². The van der Waals surface area contributed by atoms with Crippen LogP contribution in [0.3, 0.4) is 0 Å². The van der Waals surface area contributed by atoms with E-state index in [0.717, 1.165) is 11.3 Å². The maximum atomic E-state index is 10.7. The van der Waals surface area contributed by atoms with Crippen molar-refractivity contribution in [2.24, 2.45) is 0 Å². The van der Waals surface area contributed by atoms with Gasteiger partial charge in [0.05, 0.1) is 5.69 Å². The van der Waals surface area contributed by atoms with Gasteiger partial charge in [0.2, 0.25) is 0 Å². The second-order valence-corrected chi connectivity index (χ2v) is 7.13. The van der Waals surface area contributed by atoms with Gasteiger partial charge in [-0.05, 0) is 16.5 Å². The smallest absolute Gasteiger partial charge is 0.323 e. The lowest BCUT2D eigenvalue weighted by Gasteiger charge is -2.02. The molecule has 0 amide bonds. The normalized spacial score (nSPS) is 12.1. The van der Waals surface area contributed by atoms with Crippen LogP contribution in [0, 0.1) is 10.4 Å². The first kappa shape index (κ1) is 16.2. The van der Waals surface area contributed by atoms with Gasteiger partial charge in [0, 0.05) is 15.4 Å². The van der Waals surface area contributed by atoms with Gasteiger partial charge in [0.1, 0.15) is 5.01 Å². The predicted octanol–water partition coefficient (Wildman–Crippen LogP) is 4.92. The predicted molar refractivity (Wildman–Crippen MR) is 98.7 cm³/mol. The van der Waals surface area contributed by atoms with Crippen LogP contribution in [0.15, 0.2) is 58.4 Å². The Bertz CT molecular complexity index is 941. The van der Waals surface area contributed by atoms with Crippen LogP contribution in [-0.4, -0.2) is 16.1 Å². The van der Waals surface area contributed by atoms with Crippen LogP contribution < -0.4 is 0 Å². The van der Waals surface area contributed by atoms with E-state index in [1.165, 1.54) is 26.2 Å². The van der Waals surface area contributed by atoms with Gasteiger partial charge in [0.15, 0.2) is 5.25 Å². The van der Waals surface area contributed by atoms with Crippen molar-refractivity contribution in [1.82, 2.24) is 4.98 Å². The number of hydrogen-bond acceptors (Lipinski definition) is 4. The molecule has 0 saturated carbocycles. The highest BCUT2D eigenvalue weighted by Crippen LogP contribution is 2.28. The average Bonchev–Trinajstić information content (AvgIpc) is 3.02. The van der Waals surface area contributed by atoms with Gasteiger partial charge in [-0.15, -0.1) is 11.3 Å². The van der Waals surface area contributed by atoms with Crippen LogP contribution in [0.25, 0.3) is 11.3 Å². The lowest BCUT2D eigenvalue weighted by atomic mass is 10.1. The van der Waals surface area contributed by atoms with Crippen molar-refractivity contribution < 1.29 is 9.90 Å². The zero-order valence-corrected chi connectivity index (χ0v) is 15.1. The number of thiol groups is 1. The highest BCUT2D eigenvalue weighted by Gasteiger charge is 2.18. The van der Waals surface area contributed by atoms with Crippen molar-refractivity contribution >= 4 is 45.9 Å². The number of carboxylic acid groups (broad SMARTS) is 1. The molecular formula is C17H12BrNO2S2. The number of aromatic nitrogens is 1. The van der Waals surface area contributed by atoms with Crippen LogP contribution in [0.2, 0.25) is 0 Å². The summed E-state index contributed by atoms with van der Waals surface area (Å²) in [6, 6.07) is 16.0. The molecule has 1 aromatic heterocycles. The van der Waals surface area contributed by atoms with E-state index < -0.39 is 11.2 Å². The van der Waals surface area contributed by atoms with Gasteiger partial charge in [-0.25, -0.2) is 4.98 Å². The zero-order valence-electron chi connectivity index (χ0n) is 11.8. The summed E-state index contributed by atoms with van der Waals surface area (Å²) in [5.41, 5.74) is 1.77. The lowest BCUT2D eigenvalue weighted by Crippen LogP contribution is -2.04. The summed E-state index contributed by atoms with van der Waals surface area (Å²) < 4.78 is 1.25. The third-order valence-electron chi connectivity index (χ3n) is 3.34. The number of hydrogen-bond donors (Lipinski definition) is 2. The number of thiazole rings is 1. The number of nitrogens with zero attached hydrogens (tertiary/aromatic N) is 1. The first-order valence-electron chi connectivity index (χ1n) is 6.78. The molecule has 0 saturated heterocycles. The Balaban J connectivity index is 0.000000183. The molecule has 2 aliphatic rings. The minimum atomic E-state index is -0.975. The molecule has 2 aromatic rings. The molecule has 6 heteroatoms. The monoisotopic (exact) mass is 405 g/mol. The largest absolute Gasteiger partial charge is 0.480 e. The van der Waals surface area contributed by atoms with Crippen LogP contribution in [0.4, 0.5) is 0 Å². The molecule has 0 aliphatic heterocycles. The molecule has 23 heavy (non-hydrogen) atoms. The Hall–Kier alpha value is -1.63. The van der Waals surface area contributed by atoms with Crippen LogP contribution in [0.1, 0.15) is 10.3 Å². The molecule has 0 bridgehead atoms. The van der Waals surface area contributed by atoms with Crippen molar-refractivity contribution in [2.75, 3.05) is 0 Å². The highest BCUT2D eigenvalue weighted by atomic mass is 79.9. The molecule has 1 heterocycles. The van der Waals surface area contributed by atoms with Gasteiger partial charge in [-0.2, -0.15) is 12.6 Å². The van der Waals surface area contributed by atoms with E-state index in [9.17, 15) is 4.79 Å². The molecule has 1 N–H and O–H groups in total. The molecule has 116 valence electrons. The van der Waals surface area contributed by atoms with Crippen LogP contribution >= 0.6 is 39.9 Å². The summed E-state index contributed by atoms with van der Waals surface area (Å²) >= 11 is 8.67. The Labute approximate surface area is 150 Å². The third-order valence-corrected chi connectivity index (χ3v) is 5.55. The molecule has 1 unspecified atom stereocenters. The number of carbonyl (C=O) groups is 1. The summed E-state index contributed by atoms with van der Waals surface area (Å²) in [4.78, 5) is 15.0. The standard InChI is InChI=1S/C11H9NO2S2.C6H3Br/c13-11(14)9(15)10-12-8(6-16-10)7-4-2-1-3-5-7;7-6-3-4-1-2-5(4)6/h1-6,9,15H,(H,13,14);1-3H. The van der Waals surface area contributed by atoms with E-state index in [4.69, 9.17) is 5.11 Å². The number of benzene rings is 2. The van der Waals surface area contributed by atoms with Gasteiger partial charge in [0.25, 0.3) is 0 Å². The van der Waals surface area contributed by atoms with E-state index in [-0.39, 0.29) is 0 Å². The minimum Gasteiger partial charge on any atom is -0.480 e. The molecule has 4 rings (SSSR count). The SMILES string of the molecule is Brc1cc2ccc1=2.O=C(O)C(S)c1nc(-c2ccccc2)cs1. The van der Waals surface area contributed by atoms with E-state index >= 15 is 0 Å². The second-order valence-electron chi connectivity index (χ2n) is 4.87. The van der Waals surface area contributed by atoms with Gasteiger partial charge in [-0.3, -0.25) is 4.79 Å². The van der Waals surface area contributed by atoms with Crippen molar-refractivity contribution in [3.8, 4) is 11.3 Å². The first-order valence-corrected chi connectivity index (χ1v) is 8.97. The lowest BCUT2D eigenvalue weighted by molar-refractivity contribution is -0.136. The van der Waals surface area contributed by atoms with E-state index in [1.54, 1.807) is 0 Å². The van der Waals surface area contributed by atoms with E-state index in [0.29, 0.717) is 5.01 Å². The molecule has 0 radical (unpaired) electrons. The Morgan fingerprint density at radius 2 is 1.96 bits per heavy atom. The fourth-order valence-electron chi connectivity index (χ4n) is 2.00. The van der Waals surface area contributed by atoms with Gasteiger partial charge in [-0.1, -0.05) is 58.4 Å². The minimum absolute atomic E-state index is 0.509. The molecular weight excluding hydrogens is 394 g/mol. The van der Waals surface area contributed by atoms with Crippen molar-refractivity contribution in [2.45, 2.75) is 5.25 Å². The number of aliphatic carboxylic acids is 1.